The molecule has 0 saturated carbocycles. The quantitative estimate of drug-likeness (QED) is 0.474. The average Bonchev–Trinajstić information content (AvgIpc) is 3.10. The lowest BCUT2D eigenvalue weighted by Crippen LogP contribution is -2.54. The highest BCUT2D eigenvalue weighted by Gasteiger charge is 2.68. The first-order valence-corrected chi connectivity index (χ1v) is 10.3. The molecule has 0 aromatic heterocycles. The Labute approximate surface area is 183 Å². The summed E-state index contributed by atoms with van der Waals surface area (Å²) in [6.07, 6.45) is 0.825. The molecule has 156 valence electrons. The SMILES string of the molecule is O=CC12c3ccccc3C(c3ccccc31)[C@H]1C(=O)N(c3ccc(C(=O)[O-])cc3)C(=O)[C@H]12. The van der Waals surface area contributed by atoms with Gasteiger partial charge in [-0.15, -0.1) is 0 Å². The largest absolute Gasteiger partial charge is 0.545 e. The molecule has 0 N–H and O–H groups in total. The number of aromatic carboxylic acids is 1. The number of hydrogen-bond acceptors (Lipinski definition) is 5. The van der Waals surface area contributed by atoms with Crippen LogP contribution in [0.15, 0.2) is 72.8 Å². The van der Waals surface area contributed by atoms with E-state index in [-0.39, 0.29) is 23.1 Å². The van der Waals surface area contributed by atoms with Gasteiger partial charge in [-0.3, -0.25) is 9.59 Å². The number of hydrogen-bond donors (Lipinski definition) is 0. The van der Waals surface area contributed by atoms with Gasteiger partial charge in [-0.05, 0) is 39.9 Å². The second kappa shape index (κ2) is 6.23. The van der Waals surface area contributed by atoms with E-state index in [0.717, 1.165) is 33.4 Å². The van der Waals surface area contributed by atoms with Crippen molar-refractivity contribution < 1.29 is 24.3 Å². The van der Waals surface area contributed by atoms with Crippen LogP contribution in [0.1, 0.15) is 38.5 Å². The van der Waals surface area contributed by atoms with Crippen molar-refractivity contribution in [1.29, 1.82) is 0 Å². The third kappa shape index (κ3) is 2.04. The Kier molecular flexibility index (Phi) is 3.64. The van der Waals surface area contributed by atoms with Crippen molar-refractivity contribution in [2.45, 2.75) is 11.3 Å². The fraction of sp³-hybridized carbons (Fsp3) is 0.154. The molecule has 3 aromatic rings. The number of carbonyl (C=O) groups excluding carboxylic acids is 4. The maximum atomic E-state index is 13.8. The van der Waals surface area contributed by atoms with Crippen LogP contribution in [0.5, 0.6) is 0 Å². The first-order chi connectivity index (χ1) is 15.5. The van der Waals surface area contributed by atoms with Gasteiger partial charge >= 0.3 is 0 Å². The van der Waals surface area contributed by atoms with E-state index in [1.807, 2.05) is 48.5 Å². The highest BCUT2D eigenvalue weighted by molar-refractivity contribution is 6.24. The molecule has 0 unspecified atom stereocenters. The van der Waals surface area contributed by atoms with Gasteiger partial charge in [0.25, 0.3) is 0 Å². The van der Waals surface area contributed by atoms with Gasteiger partial charge < -0.3 is 14.7 Å². The zero-order valence-electron chi connectivity index (χ0n) is 16.7. The molecule has 1 saturated heterocycles. The van der Waals surface area contributed by atoms with E-state index in [1.165, 1.54) is 24.3 Å². The molecule has 7 rings (SSSR count). The molecule has 1 aliphatic heterocycles. The maximum Gasteiger partial charge on any atom is 0.239 e. The van der Waals surface area contributed by atoms with Crippen LogP contribution in [0.25, 0.3) is 0 Å². The summed E-state index contributed by atoms with van der Waals surface area (Å²) in [6, 6.07) is 20.5. The number of nitrogens with zero attached hydrogens (tertiary/aromatic N) is 1. The van der Waals surface area contributed by atoms with Crippen LogP contribution in [0.2, 0.25) is 0 Å². The van der Waals surface area contributed by atoms with Crippen molar-refractivity contribution >= 4 is 29.8 Å². The fourth-order valence-corrected chi connectivity index (χ4v) is 6.03. The van der Waals surface area contributed by atoms with Gasteiger partial charge in [0.05, 0.1) is 28.9 Å². The van der Waals surface area contributed by atoms with Gasteiger partial charge in [0.1, 0.15) is 6.29 Å². The number of anilines is 1. The van der Waals surface area contributed by atoms with Crippen LogP contribution >= 0.6 is 0 Å². The van der Waals surface area contributed by atoms with Gasteiger partial charge in [-0.1, -0.05) is 60.7 Å². The molecule has 2 amide bonds. The number of carboxylic acid groups (broad SMARTS) is 1. The van der Waals surface area contributed by atoms with Crippen LogP contribution in [-0.2, 0) is 19.8 Å². The maximum absolute atomic E-state index is 13.8. The lowest BCUT2D eigenvalue weighted by atomic mass is 9.48. The molecule has 2 atom stereocenters. The Morgan fingerprint density at radius 2 is 1.41 bits per heavy atom. The summed E-state index contributed by atoms with van der Waals surface area (Å²) in [7, 11) is 0. The molecule has 2 bridgehead atoms. The van der Waals surface area contributed by atoms with E-state index in [0.29, 0.717) is 0 Å². The van der Waals surface area contributed by atoms with Gasteiger partial charge in [0.15, 0.2) is 0 Å². The molecule has 1 fully saturated rings. The molecule has 0 radical (unpaired) electrons. The summed E-state index contributed by atoms with van der Waals surface area (Å²) in [4.78, 5) is 52.5. The second-order valence-corrected chi connectivity index (χ2v) is 8.49. The standard InChI is InChI=1S/C26H17NO5/c28-13-26-18-7-3-1-5-16(18)20(17-6-2-4-8-19(17)26)21-22(26)24(30)27(23(21)29)15-11-9-14(10-12-15)25(31)32/h1-13,20-22H,(H,31,32)/p-1/t20?,21-,22+,26?/m1/s1. The predicted molar refractivity (Wildman–Crippen MR) is 112 cm³/mol. The molecule has 3 aliphatic carbocycles. The van der Waals surface area contributed by atoms with E-state index in [2.05, 4.69) is 0 Å². The van der Waals surface area contributed by atoms with E-state index < -0.39 is 29.1 Å². The zero-order chi connectivity index (χ0) is 22.2. The van der Waals surface area contributed by atoms with Gasteiger partial charge in [-0.25, -0.2) is 4.90 Å². The average molecular weight is 422 g/mol. The molecule has 3 aromatic carbocycles. The van der Waals surface area contributed by atoms with Crippen LogP contribution in [0, 0.1) is 11.8 Å². The minimum absolute atomic E-state index is 0.0468. The van der Waals surface area contributed by atoms with E-state index >= 15 is 0 Å². The third-order valence-electron chi connectivity index (χ3n) is 7.23. The summed E-state index contributed by atoms with van der Waals surface area (Å²) < 4.78 is 0. The highest BCUT2D eigenvalue weighted by Crippen LogP contribution is 2.63. The summed E-state index contributed by atoms with van der Waals surface area (Å²) in [6.45, 7) is 0. The Balaban J connectivity index is 1.58. The van der Waals surface area contributed by atoms with Gasteiger partial charge in [0, 0.05) is 5.92 Å². The second-order valence-electron chi connectivity index (χ2n) is 8.49. The minimum Gasteiger partial charge on any atom is -0.545 e. The lowest BCUT2D eigenvalue weighted by Gasteiger charge is -2.51. The Morgan fingerprint density at radius 3 is 1.94 bits per heavy atom. The normalized spacial score (nSPS) is 27.0. The molecule has 4 aliphatic rings. The predicted octanol–water partition coefficient (Wildman–Crippen LogP) is 1.80. The number of carbonyl (C=O) groups is 4. The van der Waals surface area contributed by atoms with Crippen molar-refractivity contribution in [3.05, 3.63) is 101 Å². The van der Waals surface area contributed by atoms with Crippen LogP contribution in [-0.4, -0.2) is 24.1 Å². The van der Waals surface area contributed by atoms with Gasteiger partial charge in [0.2, 0.25) is 11.8 Å². The number of rotatable bonds is 3. The van der Waals surface area contributed by atoms with E-state index in [4.69, 9.17) is 0 Å². The van der Waals surface area contributed by atoms with Crippen LogP contribution in [0.4, 0.5) is 5.69 Å². The van der Waals surface area contributed by atoms with Crippen molar-refractivity contribution in [3.63, 3.8) is 0 Å². The van der Waals surface area contributed by atoms with Crippen LogP contribution < -0.4 is 10.0 Å². The van der Waals surface area contributed by atoms with Crippen molar-refractivity contribution in [2.75, 3.05) is 4.90 Å². The summed E-state index contributed by atoms with van der Waals surface area (Å²) in [5.41, 5.74) is 2.33. The summed E-state index contributed by atoms with van der Waals surface area (Å²) in [5, 5.41) is 11.1. The van der Waals surface area contributed by atoms with Crippen molar-refractivity contribution in [2.24, 2.45) is 11.8 Å². The zero-order valence-corrected chi connectivity index (χ0v) is 16.7. The molecular weight excluding hydrogens is 406 g/mol. The molecule has 6 heteroatoms. The molecule has 6 nitrogen and oxygen atoms in total. The lowest BCUT2D eigenvalue weighted by molar-refractivity contribution is -0.255. The van der Waals surface area contributed by atoms with Crippen molar-refractivity contribution in [3.8, 4) is 0 Å². The number of carboxylic acids is 1. The molecular formula is C26H16NO5-. The number of aldehydes is 1. The molecule has 1 heterocycles. The number of benzene rings is 3. The first kappa shape index (κ1) is 18.7. The Hall–Kier alpha value is -4.06. The summed E-state index contributed by atoms with van der Waals surface area (Å²) in [5.74, 6) is -4.06. The monoisotopic (exact) mass is 422 g/mol. The Bertz CT molecular complexity index is 1290. The fourth-order valence-electron chi connectivity index (χ4n) is 6.03. The topological polar surface area (TPSA) is 94.6 Å². The minimum atomic E-state index is -1.34. The number of imide groups is 1. The Morgan fingerprint density at radius 1 is 0.844 bits per heavy atom. The van der Waals surface area contributed by atoms with Crippen LogP contribution in [0.3, 0.4) is 0 Å². The van der Waals surface area contributed by atoms with Crippen molar-refractivity contribution in [1.82, 2.24) is 0 Å². The van der Waals surface area contributed by atoms with Gasteiger partial charge in [-0.2, -0.15) is 0 Å². The first-order valence-electron chi connectivity index (χ1n) is 10.3. The van der Waals surface area contributed by atoms with E-state index in [1.54, 1.807) is 0 Å². The number of amides is 2. The highest BCUT2D eigenvalue weighted by atomic mass is 16.4. The van der Waals surface area contributed by atoms with E-state index in [9.17, 15) is 24.3 Å². The molecule has 0 spiro atoms. The summed E-state index contributed by atoms with van der Waals surface area (Å²) >= 11 is 0. The smallest absolute Gasteiger partial charge is 0.239 e. The third-order valence-corrected chi connectivity index (χ3v) is 7.23. The molecule has 32 heavy (non-hydrogen) atoms.